The molecule has 3 nitrogen and oxygen atoms in total. The van der Waals surface area contributed by atoms with Crippen molar-refractivity contribution in [2.75, 3.05) is 7.11 Å². The van der Waals surface area contributed by atoms with Gasteiger partial charge >= 0.3 is 0 Å². The number of nitrogens with zero attached hydrogens (tertiary/aromatic N) is 2. The molecule has 3 aromatic carbocycles. The van der Waals surface area contributed by atoms with Gasteiger partial charge in [-0.25, -0.2) is 9.97 Å². The van der Waals surface area contributed by atoms with Crippen molar-refractivity contribution in [1.29, 1.82) is 0 Å². The summed E-state index contributed by atoms with van der Waals surface area (Å²) < 4.78 is 6.30. The predicted octanol–water partition coefficient (Wildman–Crippen LogP) is 6.89. The molecule has 29 heavy (non-hydrogen) atoms. The van der Waals surface area contributed by atoms with E-state index in [4.69, 9.17) is 14.7 Å². The lowest BCUT2D eigenvalue weighted by atomic mass is 10.1. The summed E-state index contributed by atoms with van der Waals surface area (Å²) >= 11 is 3.55. The molecule has 0 unspecified atom stereocenters. The lowest BCUT2D eigenvalue weighted by Gasteiger charge is -2.09. The average molecular weight is 441 g/mol. The Labute approximate surface area is 177 Å². The minimum absolute atomic E-state index is 0.834. The van der Waals surface area contributed by atoms with E-state index in [9.17, 15) is 0 Å². The minimum atomic E-state index is 0.834. The first-order valence-corrected chi connectivity index (χ1v) is 10.1. The molecule has 5 aromatic rings. The van der Waals surface area contributed by atoms with E-state index < -0.39 is 0 Å². The van der Waals surface area contributed by atoms with Crippen molar-refractivity contribution >= 4 is 37.7 Å². The molecule has 5 rings (SSSR count). The van der Waals surface area contributed by atoms with Gasteiger partial charge < -0.3 is 4.74 Å². The van der Waals surface area contributed by atoms with Crippen LogP contribution in [0.5, 0.6) is 5.75 Å². The standard InChI is InChI=1S/C25H17BrN2O/c1-29-21-11-7-16(8-12-21)22-13-9-17-5-6-18-10-14-23(28-25(18)24(17)27-22)19-3-2-4-20(26)15-19/h2-15H,1H3. The highest BCUT2D eigenvalue weighted by molar-refractivity contribution is 9.10. The SMILES string of the molecule is COc1ccc(-c2ccc3ccc4ccc(-c5cccc(Br)c5)nc4c3n2)cc1. The molecule has 0 atom stereocenters. The molecule has 0 bridgehead atoms. The first-order valence-electron chi connectivity index (χ1n) is 9.32. The predicted molar refractivity (Wildman–Crippen MR) is 122 cm³/mol. The van der Waals surface area contributed by atoms with Gasteiger partial charge in [0.2, 0.25) is 0 Å². The number of halogens is 1. The monoisotopic (exact) mass is 440 g/mol. The highest BCUT2D eigenvalue weighted by Gasteiger charge is 2.09. The lowest BCUT2D eigenvalue weighted by molar-refractivity contribution is 0.415. The Balaban J connectivity index is 1.70. The van der Waals surface area contributed by atoms with Crippen LogP contribution in [-0.4, -0.2) is 17.1 Å². The maximum Gasteiger partial charge on any atom is 0.118 e. The third kappa shape index (κ3) is 3.36. The Morgan fingerprint density at radius 2 is 1.24 bits per heavy atom. The van der Waals surface area contributed by atoms with Crippen LogP contribution in [0, 0.1) is 0 Å². The number of pyridine rings is 2. The fourth-order valence-corrected chi connectivity index (χ4v) is 3.90. The molecule has 0 saturated carbocycles. The van der Waals surface area contributed by atoms with Gasteiger partial charge in [-0.1, -0.05) is 52.3 Å². The van der Waals surface area contributed by atoms with E-state index in [0.717, 1.165) is 54.5 Å². The zero-order chi connectivity index (χ0) is 19.8. The van der Waals surface area contributed by atoms with Gasteiger partial charge in [-0.15, -0.1) is 0 Å². The number of hydrogen-bond donors (Lipinski definition) is 0. The number of rotatable bonds is 3. The van der Waals surface area contributed by atoms with E-state index in [0.29, 0.717) is 0 Å². The van der Waals surface area contributed by atoms with E-state index >= 15 is 0 Å². The molecular formula is C25H17BrN2O. The molecule has 2 aromatic heterocycles. The number of hydrogen-bond acceptors (Lipinski definition) is 3. The van der Waals surface area contributed by atoms with Crippen molar-refractivity contribution in [2.45, 2.75) is 0 Å². The Morgan fingerprint density at radius 1 is 0.655 bits per heavy atom. The highest BCUT2D eigenvalue weighted by atomic mass is 79.9. The van der Waals surface area contributed by atoms with E-state index in [1.807, 2.05) is 42.5 Å². The summed E-state index contributed by atoms with van der Waals surface area (Å²) in [7, 11) is 1.67. The van der Waals surface area contributed by atoms with Crippen LogP contribution in [0.15, 0.2) is 89.4 Å². The maximum absolute atomic E-state index is 5.26. The van der Waals surface area contributed by atoms with Crippen molar-refractivity contribution < 1.29 is 4.74 Å². The smallest absolute Gasteiger partial charge is 0.118 e. The zero-order valence-electron chi connectivity index (χ0n) is 15.8. The highest BCUT2D eigenvalue weighted by Crippen LogP contribution is 2.29. The molecule has 4 heteroatoms. The van der Waals surface area contributed by atoms with Crippen LogP contribution in [0.2, 0.25) is 0 Å². The number of benzene rings is 3. The first kappa shape index (κ1) is 17.8. The Bertz CT molecular complexity index is 1350. The molecular weight excluding hydrogens is 424 g/mol. The topological polar surface area (TPSA) is 35.0 Å². The van der Waals surface area contributed by atoms with Gasteiger partial charge in [0.05, 0.1) is 29.5 Å². The molecule has 0 fully saturated rings. The normalized spacial score (nSPS) is 11.1. The first-order chi connectivity index (χ1) is 14.2. The van der Waals surface area contributed by atoms with Crippen molar-refractivity contribution in [3.63, 3.8) is 0 Å². The summed E-state index contributed by atoms with van der Waals surface area (Å²) in [5, 5.41) is 2.16. The Hall–Kier alpha value is -3.24. The van der Waals surface area contributed by atoms with Crippen LogP contribution in [0.4, 0.5) is 0 Å². The molecule has 2 heterocycles. The van der Waals surface area contributed by atoms with Crippen molar-refractivity contribution in [1.82, 2.24) is 9.97 Å². The third-order valence-electron chi connectivity index (χ3n) is 5.03. The van der Waals surface area contributed by atoms with Crippen LogP contribution in [0.1, 0.15) is 0 Å². The summed E-state index contributed by atoms with van der Waals surface area (Å²) in [6.07, 6.45) is 0. The number of fused-ring (bicyclic) bond motifs is 3. The number of ether oxygens (including phenoxy) is 1. The molecule has 0 aliphatic heterocycles. The van der Waals surface area contributed by atoms with Crippen molar-refractivity contribution in [2.24, 2.45) is 0 Å². The van der Waals surface area contributed by atoms with Gasteiger partial charge in [0.15, 0.2) is 0 Å². The van der Waals surface area contributed by atoms with E-state index in [1.54, 1.807) is 7.11 Å². The molecule has 0 radical (unpaired) electrons. The third-order valence-corrected chi connectivity index (χ3v) is 5.52. The molecule has 0 aliphatic rings. The largest absolute Gasteiger partial charge is 0.497 e. The van der Waals surface area contributed by atoms with Crippen molar-refractivity contribution in [3.05, 3.63) is 89.4 Å². The molecule has 0 amide bonds. The fraction of sp³-hybridized carbons (Fsp3) is 0.0400. The Kier molecular flexibility index (Phi) is 4.49. The molecule has 140 valence electrons. The lowest BCUT2D eigenvalue weighted by Crippen LogP contribution is -1.91. The summed E-state index contributed by atoms with van der Waals surface area (Å²) in [5.41, 5.74) is 5.80. The second kappa shape index (κ2) is 7.30. The van der Waals surface area contributed by atoms with E-state index in [2.05, 4.69) is 58.4 Å². The number of aromatic nitrogens is 2. The van der Waals surface area contributed by atoms with Crippen LogP contribution in [0.25, 0.3) is 44.3 Å². The average Bonchev–Trinajstić information content (AvgIpc) is 2.78. The molecule has 0 N–H and O–H groups in total. The van der Waals surface area contributed by atoms with Gasteiger partial charge in [0, 0.05) is 26.4 Å². The summed E-state index contributed by atoms with van der Waals surface area (Å²) in [5.74, 6) is 0.834. The molecule has 0 saturated heterocycles. The van der Waals surface area contributed by atoms with Gasteiger partial charge in [0.1, 0.15) is 5.75 Å². The van der Waals surface area contributed by atoms with Gasteiger partial charge in [-0.05, 0) is 48.5 Å². The van der Waals surface area contributed by atoms with Gasteiger partial charge in [-0.3, -0.25) is 0 Å². The fourth-order valence-electron chi connectivity index (χ4n) is 3.50. The van der Waals surface area contributed by atoms with Crippen LogP contribution in [0.3, 0.4) is 0 Å². The molecule has 0 aliphatic carbocycles. The molecule has 0 spiro atoms. The zero-order valence-corrected chi connectivity index (χ0v) is 17.3. The van der Waals surface area contributed by atoms with E-state index in [1.165, 1.54) is 0 Å². The summed E-state index contributed by atoms with van der Waals surface area (Å²) in [6, 6.07) is 28.7. The quantitative estimate of drug-likeness (QED) is 0.286. The van der Waals surface area contributed by atoms with Crippen LogP contribution < -0.4 is 4.74 Å². The van der Waals surface area contributed by atoms with E-state index in [-0.39, 0.29) is 0 Å². The second-order valence-corrected chi connectivity index (χ2v) is 7.76. The van der Waals surface area contributed by atoms with Gasteiger partial charge in [-0.2, -0.15) is 0 Å². The number of methoxy groups -OCH3 is 1. The van der Waals surface area contributed by atoms with Crippen LogP contribution in [-0.2, 0) is 0 Å². The minimum Gasteiger partial charge on any atom is -0.497 e. The van der Waals surface area contributed by atoms with Crippen molar-refractivity contribution in [3.8, 4) is 28.3 Å². The Morgan fingerprint density at radius 3 is 1.83 bits per heavy atom. The van der Waals surface area contributed by atoms with Gasteiger partial charge in [0.25, 0.3) is 0 Å². The van der Waals surface area contributed by atoms with Crippen LogP contribution >= 0.6 is 15.9 Å². The maximum atomic E-state index is 5.26. The summed E-state index contributed by atoms with van der Waals surface area (Å²) in [6.45, 7) is 0. The summed E-state index contributed by atoms with van der Waals surface area (Å²) in [4.78, 5) is 9.94. The second-order valence-electron chi connectivity index (χ2n) is 6.84.